The van der Waals surface area contributed by atoms with E-state index in [1.807, 2.05) is 30.3 Å². The molecule has 0 spiro atoms. The zero-order valence-electron chi connectivity index (χ0n) is 10.3. The standard InChI is InChI=1S/C15H14BrClO/c1-10-8-13(18-2)6-7-14(10)15(16)11-4-3-5-12(17)9-11/h3-9,15H,1-2H3. The van der Waals surface area contributed by atoms with E-state index in [0.29, 0.717) is 0 Å². The van der Waals surface area contributed by atoms with Gasteiger partial charge in [0.15, 0.2) is 0 Å². The van der Waals surface area contributed by atoms with Crippen molar-refractivity contribution in [1.29, 1.82) is 0 Å². The smallest absolute Gasteiger partial charge is 0.119 e. The highest BCUT2D eigenvalue weighted by atomic mass is 79.9. The summed E-state index contributed by atoms with van der Waals surface area (Å²) in [5, 5.41) is 0.753. The van der Waals surface area contributed by atoms with Gasteiger partial charge in [-0.05, 0) is 47.9 Å². The number of alkyl halides is 1. The summed E-state index contributed by atoms with van der Waals surface area (Å²) < 4.78 is 5.22. The molecule has 1 nitrogen and oxygen atoms in total. The van der Waals surface area contributed by atoms with Crippen LogP contribution >= 0.6 is 27.5 Å². The third kappa shape index (κ3) is 2.88. The van der Waals surface area contributed by atoms with Crippen LogP contribution < -0.4 is 4.74 Å². The van der Waals surface area contributed by atoms with E-state index < -0.39 is 0 Å². The van der Waals surface area contributed by atoms with E-state index >= 15 is 0 Å². The Bertz CT molecular complexity index is 554. The summed E-state index contributed by atoms with van der Waals surface area (Å²) in [5.74, 6) is 0.877. The van der Waals surface area contributed by atoms with Gasteiger partial charge in [0.05, 0.1) is 11.9 Å². The van der Waals surface area contributed by atoms with Gasteiger partial charge in [-0.3, -0.25) is 0 Å². The third-order valence-electron chi connectivity index (χ3n) is 2.89. The molecule has 3 heteroatoms. The van der Waals surface area contributed by atoms with E-state index in [9.17, 15) is 0 Å². The molecule has 1 atom stereocenters. The quantitative estimate of drug-likeness (QED) is 0.710. The van der Waals surface area contributed by atoms with Gasteiger partial charge >= 0.3 is 0 Å². The molecule has 0 saturated heterocycles. The first-order chi connectivity index (χ1) is 8.61. The minimum Gasteiger partial charge on any atom is -0.497 e. The van der Waals surface area contributed by atoms with Crippen molar-refractivity contribution < 1.29 is 4.74 Å². The normalized spacial score (nSPS) is 12.2. The molecule has 0 aliphatic rings. The van der Waals surface area contributed by atoms with Gasteiger partial charge in [-0.1, -0.05) is 45.7 Å². The molecular weight excluding hydrogens is 312 g/mol. The van der Waals surface area contributed by atoms with E-state index in [4.69, 9.17) is 16.3 Å². The second-order valence-electron chi connectivity index (χ2n) is 4.14. The Morgan fingerprint density at radius 3 is 2.56 bits per heavy atom. The van der Waals surface area contributed by atoms with E-state index in [-0.39, 0.29) is 4.83 Å². The summed E-state index contributed by atoms with van der Waals surface area (Å²) in [6.07, 6.45) is 0. The molecule has 18 heavy (non-hydrogen) atoms. The lowest BCUT2D eigenvalue weighted by Gasteiger charge is -2.14. The maximum Gasteiger partial charge on any atom is 0.119 e. The van der Waals surface area contributed by atoms with Crippen molar-refractivity contribution in [2.75, 3.05) is 7.11 Å². The van der Waals surface area contributed by atoms with Crippen LogP contribution in [0, 0.1) is 6.92 Å². The predicted molar refractivity (Wildman–Crippen MR) is 80.0 cm³/mol. The molecule has 0 radical (unpaired) electrons. The van der Waals surface area contributed by atoms with Crippen molar-refractivity contribution in [3.8, 4) is 5.75 Å². The zero-order valence-corrected chi connectivity index (χ0v) is 12.6. The molecular formula is C15H14BrClO. The fourth-order valence-electron chi connectivity index (χ4n) is 1.90. The van der Waals surface area contributed by atoms with Crippen molar-refractivity contribution in [3.63, 3.8) is 0 Å². The third-order valence-corrected chi connectivity index (χ3v) is 4.15. The Labute approximate surface area is 121 Å². The maximum absolute atomic E-state index is 6.02. The van der Waals surface area contributed by atoms with Gasteiger partial charge in [-0.2, -0.15) is 0 Å². The predicted octanol–water partition coefficient (Wildman–Crippen LogP) is 5.14. The van der Waals surface area contributed by atoms with Crippen molar-refractivity contribution in [1.82, 2.24) is 0 Å². The number of ether oxygens (including phenoxy) is 1. The fourth-order valence-corrected chi connectivity index (χ4v) is 2.90. The molecule has 0 saturated carbocycles. The number of aryl methyl sites for hydroxylation is 1. The summed E-state index contributed by atoms with van der Waals surface area (Å²) in [6.45, 7) is 2.08. The highest BCUT2D eigenvalue weighted by Gasteiger charge is 2.13. The van der Waals surface area contributed by atoms with Gasteiger partial charge in [0.25, 0.3) is 0 Å². The number of benzene rings is 2. The Kier molecular flexibility index (Phi) is 4.31. The monoisotopic (exact) mass is 324 g/mol. The Hall–Kier alpha value is -0.990. The topological polar surface area (TPSA) is 9.23 Å². The van der Waals surface area contributed by atoms with Crippen LogP contribution in [-0.4, -0.2) is 7.11 Å². The first-order valence-electron chi connectivity index (χ1n) is 5.66. The highest BCUT2D eigenvalue weighted by Crippen LogP contribution is 2.35. The first-order valence-corrected chi connectivity index (χ1v) is 6.95. The molecule has 0 N–H and O–H groups in total. The molecule has 0 fully saturated rings. The van der Waals surface area contributed by atoms with Gasteiger partial charge in [0, 0.05) is 5.02 Å². The van der Waals surface area contributed by atoms with Gasteiger partial charge in [-0.25, -0.2) is 0 Å². The molecule has 0 aromatic heterocycles. The summed E-state index contributed by atoms with van der Waals surface area (Å²) in [7, 11) is 1.68. The molecule has 0 amide bonds. The van der Waals surface area contributed by atoms with E-state index in [1.165, 1.54) is 11.1 Å². The molecule has 2 aromatic carbocycles. The van der Waals surface area contributed by atoms with Crippen molar-refractivity contribution >= 4 is 27.5 Å². The van der Waals surface area contributed by atoms with Crippen LogP contribution in [0.25, 0.3) is 0 Å². The number of hydrogen-bond donors (Lipinski definition) is 0. The molecule has 2 aromatic rings. The van der Waals surface area contributed by atoms with Crippen LogP contribution in [0.3, 0.4) is 0 Å². The average molecular weight is 326 g/mol. The summed E-state index contributed by atoms with van der Waals surface area (Å²) >= 11 is 9.75. The highest BCUT2D eigenvalue weighted by molar-refractivity contribution is 9.09. The summed E-state index contributed by atoms with van der Waals surface area (Å²) in [4.78, 5) is 0.141. The largest absolute Gasteiger partial charge is 0.497 e. The van der Waals surface area contributed by atoms with E-state index in [1.54, 1.807) is 7.11 Å². The molecule has 0 aliphatic heterocycles. The fraction of sp³-hybridized carbons (Fsp3) is 0.200. The molecule has 0 bridgehead atoms. The van der Waals surface area contributed by atoms with Crippen LogP contribution in [0.15, 0.2) is 42.5 Å². The zero-order chi connectivity index (χ0) is 13.1. The number of rotatable bonds is 3. The van der Waals surface area contributed by atoms with Crippen molar-refractivity contribution in [2.45, 2.75) is 11.8 Å². The summed E-state index contributed by atoms with van der Waals surface area (Å²) in [6, 6.07) is 14.0. The molecule has 1 unspecified atom stereocenters. The SMILES string of the molecule is COc1ccc(C(Br)c2cccc(Cl)c2)c(C)c1. The van der Waals surface area contributed by atoms with Crippen LogP contribution in [0.1, 0.15) is 21.5 Å². The molecule has 94 valence electrons. The second kappa shape index (κ2) is 5.77. The van der Waals surface area contributed by atoms with Gasteiger partial charge < -0.3 is 4.74 Å². The minimum atomic E-state index is 0.141. The first kappa shape index (κ1) is 13.4. The molecule has 0 heterocycles. The van der Waals surface area contributed by atoms with Crippen LogP contribution in [0.5, 0.6) is 5.75 Å². The van der Waals surface area contributed by atoms with Gasteiger partial charge in [0.2, 0.25) is 0 Å². The molecule has 0 aliphatic carbocycles. The van der Waals surface area contributed by atoms with E-state index in [2.05, 4.69) is 35.0 Å². The van der Waals surface area contributed by atoms with E-state index in [0.717, 1.165) is 16.3 Å². The lowest BCUT2D eigenvalue weighted by molar-refractivity contribution is 0.414. The number of hydrogen-bond acceptors (Lipinski definition) is 1. The Morgan fingerprint density at radius 1 is 1.17 bits per heavy atom. The van der Waals surface area contributed by atoms with Crippen molar-refractivity contribution in [2.24, 2.45) is 0 Å². The summed E-state index contributed by atoms with van der Waals surface area (Å²) in [5.41, 5.74) is 3.56. The second-order valence-corrected chi connectivity index (χ2v) is 5.49. The van der Waals surface area contributed by atoms with Crippen LogP contribution in [-0.2, 0) is 0 Å². The maximum atomic E-state index is 6.02. The molecule has 2 rings (SSSR count). The van der Waals surface area contributed by atoms with Crippen molar-refractivity contribution in [3.05, 3.63) is 64.2 Å². The van der Waals surface area contributed by atoms with Gasteiger partial charge in [0.1, 0.15) is 5.75 Å². The minimum absolute atomic E-state index is 0.141. The number of halogens is 2. The lowest BCUT2D eigenvalue weighted by Crippen LogP contribution is -1.96. The average Bonchev–Trinajstić information content (AvgIpc) is 2.37. The lowest BCUT2D eigenvalue weighted by atomic mass is 10.0. The van der Waals surface area contributed by atoms with Crippen LogP contribution in [0.2, 0.25) is 5.02 Å². The number of methoxy groups -OCH3 is 1. The Morgan fingerprint density at radius 2 is 1.94 bits per heavy atom. The van der Waals surface area contributed by atoms with Gasteiger partial charge in [-0.15, -0.1) is 0 Å². The Balaban J connectivity index is 2.37. The van der Waals surface area contributed by atoms with Crippen LogP contribution in [0.4, 0.5) is 0 Å².